The van der Waals surface area contributed by atoms with Gasteiger partial charge >= 0.3 is 6.36 Å². The van der Waals surface area contributed by atoms with E-state index in [-0.39, 0.29) is 5.69 Å². The minimum atomic E-state index is -5.00. The number of alkyl halides is 3. The summed E-state index contributed by atoms with van der Waals surface area (Å²) in [5.41, 5.74) is -1.43. The van der Waals surface area contributed by atoms with Crippen LogP contribution in [-0.2, 0) is 0 Å². The zero-order chi connectivity index (χ0) is 12.5. The van der Waals surface area contributed by atoms with Crippen LogP contribution in [0.4, 0.5) is 13.2 Å². The number of rotatable bonds is 2. The average Bonchev–Trinajstić information content (AvgIpc) is 1.96. The number of aromatic amines is 1. The van der Waals surface area contributed by atoms with Crippen molar-refractivity contribution in [2.45, 2.75) is 13.3 Å². The monoisotopic (exact) mass is 255 g/mol. The first-order valence-corrected chi connectivity index (χ1v) is 4.28. The van der Waals surface area contributed by atoms with Crippen LogP contribution in [0.25, 0.3) is 0 Å². The second-order valence-corrected chi connectivity index (χ2v) is 3.16. The molecule has 0 aliphatic rings. The zero-order valence-electron chi connectivity index (χ0n) is 7.81. The first kappa shape index (κ1) is 12.6. The molecule has 1 heterocycles. The van der Waals surface area contributed by atoms with Crippen LogP contribution < -0.4 is 10.3 Å². The lowest BCUT2D eigenvalue weighted by molar-refractivity contribution is -0.274. The van der Waals surface area contributed by atoms with Gasteiger partial charge in [-0.1, -0.05) is 0 Å². The number of pyridine rings is 1. The lowest BCUT2D eigenvalue weighted by Gasteiger charge is -2.12. The third kappa shape index (κ3) is 2.99. The van der Waals surface area contributed by atoms with Crippen molar-refractivity contribution < 1.29 is 22.7 Å². The molecule has 1 aromatic heterocycles. The average molecular weight is 256 g/mol. The van der Waals surface area contributed by atoms with Gasteiger partial charge in [-0.3, -0.25) is 9.59 Å². The van der Waals surface area contributed by atoms with Crippen LogP contribution in [0.2, 0.25) is 0 Å². The van der Waals surface area contributed by atoms with E-state index in [4.69, 9.17) is 11.6 Å². The molecule has 1 aromatic rings. The van der Waals surface area contributed by atoms with Gasteiger partial charge in [-0.25, -0.2) is 0 Å². The number of hydrogen-bond acceptors (Lipinski definition) is 3. The van der Waals surface area contributed by atoms with E-state index < -0.39 is 28.5 Å². The van der Waals surface area contributed by atoms with Gasteiger partial charge in [-0.2, -0.15) is 0 Å². The molecule has 0 fully saturated rings. The van der Waals surface area contributed by atoms with E-state index in [1.807, 2.05) is 0 Å². The summed E-state index contributed by atoms with van der Waals surface area (Å²) in [5, 5.41) is -1.15. The van der Waals surface area contributed by atoms with E-state index in [0.717, 1.165) is 0 Å². The smallest absolute Gasteiger partial charge is 0.405 e. The van der Waals surface area contributed by atoms with Crippen LogP contribution in [0, 0.1) is 6.92 Å². The number of carbonyl (C=O) groups excluding carboxylic acids is 1. The third-order valence-electron chi connectivity index (χ3n) is 1.62. The van der Waals surface area contributed by atoms with Crippen LogP contribution in [0.3, 0.4) is 0 Å². The number of halogens is 4. The fourth-order valence-corrected chi connectivity index (χ4v) is 1.34. The standard InChI is InChI=1S/C8H5ClF3NO3/c1-3-6(7(9)15)4(2-5(14)13-3)16-8(10,11)12/h2H,1H3,(H,13,14). The van der Waals surface area contributed by atoms with Gasteiger partial charge in [0.2, 0.25) is 0 Å². The highest BCUT2D eigenvalue weighted by Gasteiger charge is 2.33. The summed E-state index contributed by atoms with van der Waals surface area (Å²) in [7, 11) is 0. The lowest BCUT2D eigenvalue weighted by atomic mass is 10.2. The SMILES string of the molecule is Cc1[nH]c(=O)cc(OC(F)(F)F)c1C(=O)Cl. The van der Waals surface area contributed by atoms with Crippen LogP contribution in [0.1, 0.15) is 16.1 Å². The van der Waals surface area contributed by atoms with E-state index in [2.05, 4.69) is 9.72 Å². The fourth-order valence-electron chi connectivity index (χ4n) is 1.11. The van der Waals surface area contributed by atoms with Crippen LogP contribution >= 0.6 is 11.6 Å². The van der Waals surface area contributed by atoms with Crippen molar-refractivity contribution in [1.29, 1.82) is 0 Å². The number of nitrogens with one attached hydrogen (secondary N) is 1. The van der Waals surface area contributed by atoms with Crippen molar-refractivity contribution in [3.8, 4) is 5.75 Å². The Labute approximate surface area is 92.0 Å². The molecule has 0 bridgehead atoms. The Morgan fingerprint density at radius 3 is 2.50 bits per heavy atom. The van der Waals surface area contributed by atoms with Crippen molar-refractivity contribution in [3.63, 3.8) is 0 Å². The normalized spacial score (nSPS) is 11.3. The Balaban J connectivity index is 3.36. The molecule has 1 N–H and O–H groups in total. The molecule has 0 atom stereocenters. The van der Waals surface area contributed by atoms with Crippen molar-refractivity contribution >= 4 is 16.8 Å². The van der Waals surface area contributed by atoms with E-state index in [9.17, 15) is 22.8 Å². The maximum absolute atomic E-state index is 12.0. The molecule has 0 amide bonds. The third-order valence-corrected chi connectivity index (χ3v) is 1.81. The molecule has 0 radical (unpaired) electrons. The second kappa shape index (κ2) is 4.17. The number of ether oxygens (including phenoxy) is 1. The molecule has 1 rings (SSSR count). The highest BCUT2D eigenvalue weighted by molar-refractivity contribution is 6.68. The summed E-state index contributed by atoms with van der Waals surface area (Å²) < 4.78 is 39.4. The second-order valence-electron chi connectivity index (χ2n) is 2.82. The van der Waals surface area contributed by atoms with Crippen LogP contribution in [0.15, 0.2) is 10.9 Å². The van der Waals surface area contributed by atoms with Gasteiger partial charge in [0, 0.05) is 11.8 Å². The van der Waals surface area contributed by atoms with Crippen molar-refractivity contribution in [3.05, 3.63) is 27.7 Å². The number of H-pyrrole nitrogens is 1. The molecule has 0 aromatic carbocycles. The summed E-state index contributed by atoms with van der Waals surface area (Å²) in [6.07, 6.45) is -5.00. The first-order valence-electron chi connectivity index (χ1n) is 3.90. The van der Waals surface area contributed by atoms with E-state index >= 15 is 0 Å². The minimum Gasteiger partial charge on any atom is -0.405 e. The molecule has 16 heavy (non-hydrogen) atoms. The van der Waals surface area contributed by atoms with Gasteiger partial charge in [0.05, 0.1) is 5.56 Å². The summed E-state index contributed by atoms with van der Waals surface area (Å²) in [4.78, 5) is 23.9. The predicted octanol–water partition coefficient (Wildman–Crippen LogP) is 1.96. The number of hydrogen-bond donors (Lipinski definition) is 1. The first-order chi connectivity index (χ1) is 7.20. The molecular formula is C8H5ClF3NO3. The Hall–Kier alpha value is -1.50. The predicted molar refractivity (Wildman–Crippen MR) is 48.7 cm³/mol. The van der Waals surface area contributed by atoms with Crippen LogP contribution in [0.5, 0.6) is 5.75 Å². The van der Waals surface area contributed by atoms with Gasteiger partial charge < -0.3 is 9.72 Å². The lowest BCUT2D eigenvalue weighted by Crippen LogP contribution is -2.21. The summed E-state index contributed by atoms with van der Waals surface area (Å²) >= 11 is 5.09. The molecule has 0 spiro atoms. The van der Waals surface area contributed by atoms with Gasteiger partial charge in [0.1, 0.15) is 5.75 Å². The summed E-state index contributed by atoms with van der Waals surface area (Å²) in [6, 6.07) is 0.510. The fraction of sp³-hybridized carbons (Fsp3) is 0.250. The molecular weight excluding hydrogens is 251 g/mol. The highest BCUT2D eigenvalue weighted by Crippen LogP contribution is 2.27. The summed E-state index contributed by atoms with van der Waals surface area (Å²) in [5.74, 6) is -0.909. The summed E-state index contributed by atoms with van der Waals surface area (Å²) in [6.45, 7) is 1.24. The number of aromatic nitrogens is 1. The molecule has 0 saturated heterocycles. The van der Waals surface area contributed by atoms with Gasteiger partial charge in [0.15, 0.2) is 0 Å². The Kier molecular flexibility index (Phi) is 3.27. The number of aryl methyl sites for hydroxylation is 1. The van der Waals surface area contributed by atoms with E-state index in [1.54, 1.807) is 0 Å². The maximum Gasteiger partial charge on any atom is 0.573 e. The molecule has 0 unspecified atom stereocenters. The quantitative estimate of drug-likeness (QED) is 0.822. The van der Waals surface area contributed by atoms with E-state index in [0.29, 0.717) is 6.07 Å². The largest absolute Gasteiger partial charge is 0.573 e. The molecule has 0 aliphatic heterocycles. The Morgan fingerprint density at radius 2 is 2.06 bits per heavy atom. The van der Waals surface area contributed by atoms with Crippen molar-refractivity contribution in [2.75, 3.05) is 0 Å². The van der Waals surface area contributed by atoms with Crippen LogP contribution in [-0.4, -0.2) is 16.6 Å². The van der Waals surface area contributed by atoms with E-state index in [1.165, 1.54) is 6.92 Å². The van der Waals surface area contributed by atoms with Gasteiger partial charge in [-0.15, -0.1) is 13.2 Å². The molecule has 4 nitrogen and oxygen atoms in total. The maximum atomic E-state index is 12.0. The molecule has 0 saturated carbocycles. The molecule has 88 valence electrons. The zero-order valence-corrected chi connectivity index (χ0v) is 8.57. The highest BCUT2D eigenvalue weighted by atomic mass is 35.5. The van der Waals surface area contributed by atoms with Crippen molar-refractivity contribution in [2.24, 2.45) is 0 Å². The minimum absolute atomic E-state index is 0.0910. The Morgan fingerprint density at radius 1 is 1.50 bits per heavy atom. The molecule has 8 heteroatoms. The molecule has 0 aliphatic carbocycles. The van der Waals surface area contributed by atoms with Gasteiger partial charge in [0.25, 0.3) is 10.8 Å². The number of carbonyl (C=O) groups is 1. The topological polar surface area (TPSA) is 59.2 Å². The van der Waals surface area contributed by atoms with Crippen molar-refractivity contribution in [1.82, 2.24) is 4.98 Å². The van der Waals surface area contributed by atoms with Gasteiger partial charge in [-0.05, 0) is 18.5 Å². The Bertz CT molecular complexity index is 480.